The van der Waals surface area contributed by atoms with Crippen LogP contribution < -0.4 is 15.5 Å². The van der Waals surface area contributed by atoms with Crippen molar-refractivity contribution in [3.8, 4) is 0 Å². The van der Waals surface area contributed by atoms with Crippen molar-refractivity contribution >= 4 is 29.1 Å². The summed E-state index contributed by atoms with van der Waals surface area (Å²) < 4.78 is 40.2. The van der Waals surface area contributed by atoms with E-state index in [1.807, 2.05) is 49.1 Å². The molecule has 1 aromatic heterocycles. The summed E-state index contributed by atoms with van der Waals surface area (Å²) in [5.74, 6) is 0.103. The van der Waals surface area contributed by atoms with Gasteiger partial charge in [-0.15, -0.1) is 0 Å². The number of anilines is 2. The van der Waals surface area contributed by atoms with Crippen molar-refractivity contribution in [1.82, 2.24) is 15.3 Å². The molecule has 0 amide bonds. The van der Waals surface area contributed by atoms with Gasteiger partial charge in [-0.05, 0) is 50.9 Å². The Bertz CT molecular complexity index is 844. The van der Waals surface area contributed by atoms with Gasteiger partial charge in [-0.2, -0.15) is 18.2 Å². The molecule has 1 aromatic carbocycles. The number of nitrogens with one attached hydrogen (secondary N) is 2. The van der Waals surface area contributed by atoms with E-state index in [9.17, 15) is 13.2 Å². The molecule has 5 nitrogen and oxygen atoms in total. The van der Waals surface area contributed by atoms with Crippen LogP contribution in [0.5, 0.6) is 0 Å². The summed E-state index contributed by atoms with van der Waals surface area (Å²) in [6, 6.07) is 10.6. The molecule has 1 saturated heterocycles. The first kappa shape index (κ1) is 21.3. The molecular weight excluding hydrogens is 399 g/mol. The molecular formula is C20H24F3N5S. The molecule has 1 fully saturated rings. The molecule has 2 heterocycles. The van der Waals surface area contributed by atoms with E-state index in [2.05, 4.69) is 20.6 Å². The highest BCUT2D eigenvalue weighted by atomic mass is 32.1. The van der Waals surface area contributed by atoms with Crippen molar-refractivity contribution in [1.29, 1.82) is 0 Å². The lowest BCUT2D eigenvalue weighted by atomic mass is 10.0. The number of alkyl halides is 3. The normalized spacial score (nSPS) is 18.2. The minimum atomic E-state index is -4.57. The highest BCUT2D eigenvalue weighted by Crippen LogP contribution is 2.32. The van der Waals surface area contributed by atoms with Crippen molar-refractivity contribution < 1.29 is 13.2 Å². The van der Waals surface area contributed by atoms with Gasteiger partial charge in [0.25, 0.3) is 0 Å². The Morgan fingerprint density at radius 1 is 1.21 bits per heavy atom. The second-order valence-electron chi connectivity index (χ2n) is 7.20. The molecule has 29 heavy (non-hydrogen) atoms. The molecule has 0 unspecified atom stereocenters. The highest BCUT2D eigenvalue weighted by Gasteiger charge is 2.35. The first-order chi connectivity index (χ1) is 13.7. The van der Waals surface area contributed by atoms with Crippen molar-refractivity contribution in [3.63, 3.8) is 0 Å². The van der Waals surface area contributed by atoms with E-state index in [1.165, 1.54) is 0 Å². The van der Waals surface area contributed by atoms with Crippen LogP contribution in [0.1, 0.15) is 50.4 Å². The maximum Gasteiger partial charge on any atom is 0.433 e. The minimum absolute atomic E-state index is 0.121. The van der Waals surface area contributed by atoms with Crippen LogP contribution in [0, 0.1) is 0 Å². The lowest BCUT2D eigenvalue weighted by Crippen LogP contribution is -2.38. The van der Waals surface area contributed by atoms with Crippen LogP contribution in [0.4, 0.5) is 24.9 Å². The number of piperidine rings is 1. The van der Waals surface area contributed by atoms with Crippen LogP contribution >= 0.6 is 12.2 Å². The Labute approximate surface area is 173 Å². The first-order valence-corrected chi connectivity index (χ1v) is 10.0. The topological polar surface area (TPSA) is 53.1 Å². The molecule has 2 atom stereocenters. The van der Waals surface area contributed by atoms with Gasteiger partial charge in [-0.3, -0.25) is 0 Å². The summed E-state index contributed by atoms with van der Waals surface area (Å²) in [4.78, 5) is 9.86. The van der Waals surface area contributed by atoms with Gasteiger partial charge in [-0.25, -0.2) is 4.98 Å². The lowest BCUT2D eigenvalue weighted by molar-refractivity contribution is -0.141. The van der Waals surface area contributed by atoms with Gasteiger partial charge in [0, 0.05) is 18.7 Å². The number of thiocarbonyl (C=S) groups is 1. The number of nitrogens with zero attached hydrogens (tertiary/aromatic N) is 3. The van der Waals surface area contributed by atoms with E-state index in [4.69, 9.17) is 12.2 Å². The van der Waals surface area contributed by atoms with E-state index in [0.29, 0.717) is 6.54 Å². The highest BCUT2D eigenvalue weighted by molar-refractivity contribution is 7.80. The van der Waals surface area contributed by atoms with E-state index < -0.39 is 11.9 Å². The fourth-order valence-electron chi connectivity index (χ4n) is 3.38. The zero-order valence-corrected chi connectivity index (χ0v) is 17.1. The third-order valence-corrected chi connectivity index (χ3v) is 5.19. The van der Waals surface area contributed by atoms with Gasteiger partial charge in [0.1, 0.15) is 5.82 Å². The Morgan fingerprint density at radius 2 is 1.93 bits per heavy atom. The second kappa shape index (κ2) is 8.94. The molecule has 0 radical (unpaired) electrons. The lowest BCUT2D eigenvalue weighted by Gasteiger charge is -2.34. The molecule has 0 aliphatic carbocycles. The van der Waals surface area contributed by atoms with Gasteiger partial charge in [-0.1, -0.05) is 30.3 Å². The monoisotopic (exact) mass is 423 g/mol. The fraction of sp³-hybridized carbons (Fsp3) is 0.450. The van der Waals surface area contributed by atoms with E-state index in [0.717, 1.165) is 30.9 Å². The number of hydrogen-bond donors (Lipinski definition) is 2. The van der Waals surface area contributed by atoms with Gasteiger partial charge in [0.15, 0.2) is 10.8 Å². The Morgan fingerprint density at radius 3 is 2.59 bits per heavy atom. The number of aromatic nitrogens is 2. The molecule has 9 heteroatoms. The summed E-state index contributed by atoms with van der Waals surface area (Å²) in [5, 5.41) is 5.94. The van der Waals surface area contributed by atoms with Crippen molar-refractivity contribution in [2.24, 2.45) is 0 Å². The third kappa shape index (κ3) is 5.56. The molecule has 1 aliphatic heterocycles. The fourth-order valence-corrected chi connectivity index (χ4v) is 3.65. The zero-order valence-electron chi connectivity index (χ0n) is 16.3. The maximum absolute atomic E-state index is 13.4. The molecule has 0 saturated carbocycles. The Kier molecular flexibility index (Phi) is 6.56. The van der Waals surface area contributed by atoms with Gasteiger partial charge >= 0.3 is 6.18 Å². The Balaban J connectivity index is 1.80. The van der Waals surface area contributed by atoms with E-state index in [-0.39, 0.29) is 29.0 Å². The van der Waals surface area contributed by atoms with E-state index >= 15 is 0 Å². The molecule has 2 aromatic rings. The van der Waals surface area contributed by atoms with Crippen molar-refractivity contribution in [2.45, 2.75) is 51.4 Å². The predicted molar refractivity (Wildman–Crippen MR) is 112 cm³/mol. The number of benzene rings is 1. The zero-order chi connectivity index (χ0) is 21.0. The standard InChI is InChI=1S/C20H24F3N5S/c1-13-8-6-7-11-28(13)17-12-16(20(21,22)23)25-18(26-17)27-19(29)24-14(2)15-9-4-3-5-10-15/h3-5,9-10,12-14H,6-8,11H2,1-2H3,(H2,24,25,26,27,29)/t13-,14+/m1/s1. The van der Waals surface area contributed by atoms with Crippen LogP contribution in [-0.4, -0.2) is 27.7 Å². The predicted octanol–water partition coefficient (Wildman–Crippen LogP) is 4.92. The van der Waals surface area contributed by atoms with E-state index in [1.54, 1.807) is 0 Å². The van der Waals surface area contributed by atoms with Gasteiger partial charge in [0.2, 0.25) is 5.95 Å². The summed E-state index contributed by atoms with van der Waals surface area (Å²) in [7, 11) is 0. The number of hydrogen-bond acceptors (Lipinski definition) is 4. The SMILES string of the molecule is C[C@H](NC(=S)Nc1nc(N2CCCC[C@H]2C)cc(C(F)(F)F)n1)c1ccccc1. The second-order valence-corrected chi connectivity index (χ2v) is 7.61. The van der Waals surface area contributed by atoms with Gasteiger partial charge < -0.3 is 15.5 Å². The van der Waals surface area contributed by atoms with Crippen LogP contribution in [0.25, 0.3) is 0 Å². The molecule has 1 aliphatic rings. The quantitative estimate of drug-likeness (QED) is 0.681. The molecule has 3 rings (SSSR count). The molecule has 156 valence electrons. The van der Waals surface area contributed by atoms with Gasteiger partial charge in [0.05, 0.1) is 6.04 Å². The summed E-state index contributed by atoms with van der Waals surface area (Å²) >= 11 is 5.27. The molecule has 2 N–H and O–H groups in total. The smallest absolute Gasteiger partial charge is 0.356 e. The van der Waals surface area contributed by atoms with Crippen LogP contribution in [-0.2, 0) is 6.18 Å². The van der Waals surface area contributed by atoms with Crippen LogP contribution in [0.15, 0.2) is 36.4 Å². The number of rotatable bonds is 4. The molecule has 0 bridgehead atoms. The largest absolute Gasteiger partial charge is 0.433 e. The summed E-state index contributed by atoms with van der Waals surface area (Å²) in [5.41, 5.74) is 0.0196. The van der Waals surface area contributed by atoms with Crippen molar-refractivity contribution in [3.05, 3.63) is 47.7 Å². The third-order valence-electron chi connectivity index (χ3n) is 4.97. The molecule has 0 spiro atoms. The van der Waals surface area contributed by atoms with Crippen LogP contribution in [0.3, 0.4) is 0 Å². The summed E-state index contributed by atoms with van der Waals surface area (Å²) in [6.07, 6.45) is -1.67. The maximum atomic E-state index is 13.4. The summed E-state index contributed by atoms with van der Waals surface area (Å²) in [6.45, 7) is 4.58. The average molecular weight is 424 g/mol. The van der Waals surface area contributed by atoms with Crippen LogP contribution in [0.2, 0.25) is 0 Å². The first-order valence-electron chi connectivity index (χ1n) is 9.59. The van der Waals surface area contributed by atoms with Crippen molar-refractivity contribution in [2.75, 3.05) is 16.8 Å². The minimum Gasteiger partial charge on any atom is -0.356 e. The number of halogens is 3. The Hall–Kier alpha value is -2.42. The average Bonchev–Trinajstić information content (AvgIpc) is 2.68.